The maximum Gasteiger partial charge on any atom is 0.275 e. The van der Waals surface area contributed by atoms with Crippen LogP contribution in [0.5, 0.6) is 0 Å². The van der Waals surface area contributed by atoms with Gasteiger partial charge in [0, 0.05) is 33.5 Å². The molecule has 4 aromatic rings. The molecule has 0 unspecified atom stereocenters. The van der Waals surface area contributed by atoms with E-state index in [2.05, 4.69) is 0 Å². The van der Waals surface area contributed by atoms with Crippen molar-refractivity contribution in [3.8, 4) is 0 Å². The first-order chi connectivity index (χ1) is 20.3. The molecular formula is C32H21Cl2N3O5. The molecule has 1 heterocycles. The monoisotopic (exact) mass is 597 g/mol. The molecule has 3 amide bonds. The SMILES string of the molecule is O=C(c1ccc(Cl)cc1)N(Cc1ccc(Cl)cc1[N+](=O)[O-])N1C(=O)[C@@H]2C3c4ccccc4C(c4ccccc43)[C@H]2C1=O. The number of hydrogen-bond donors (Lipinski definition) is 0. The number of imide groups is 1. The van der Waals surface area contributed by atoms with Crippen LogP contribution >= 0.6 is 23.2 Å². The summed E-state index contributed by atoms with van der Waals surface area (Å²) in [6.45, 7) is -0.402. The molecule has 1 aliphatic heterocycles. The largest absolute Gasteiger partial charge is 0.275 e. The van der Waals surface area contributed by atoms with Crippen LogP contribution in [0, 0.1) is 22.0 Å². The number of carbonyl (C=O) groups is 3. The summed E-state index contributed by atoms with van der Waals surface area (Å²) in [7, 11) is 0. The van der Waals surface area contributed by atoms with E-state index in [0.29, 0.717) is 5.02 Å². The highest BCUT2D eigenvalue weighted by Gasteiger charge is 2.63. The number of hydrogen-bond acceptors (Lipinski definition) is 5. The third kappa shape index (κ3) is 3.86. The van der Waals surface area contributed by atoms with Crippen molar-refractivity contribution in [1.82, 2.24) is 10.0 Å². The first-order valence-corrected chi connectivity index (χ1v) is 14.1. The van der Waals surface area contributed by atoms with Crippen molar-refractivity contribution in [1.29, 1.82) is 0 Å². The van der Waals surface area contributed by atoms with Crippen LogP contribution in [0.4, 0.5) is 5.69 Å². The number of carbonyl (C=O) groups excluding carboxylic acids is 3. The van der Waals surface area contributed by atoms with Gasteiger partial charge in [-0.2, -0.15) is 5.01 Å². The molecule has 0 spiro atoms. The lowest BCUT2D eigenvalue weighted by Gasteiger charge is -2.45. The van der Waals surface area contributed by atoms with E-state index in [-0.39, 0.29) is 33.7 Å². The van der Waals surface area contributed by atoms with Gasteiger partial charge in [-0.15, -0.1) is 0 Å². The van der Waals surface area contributed by atoms with Gasteiger partial charge in [0.25, 0.3) is 23.4 Å². The van der Waals surface area contributed by atoms with E-state index in [1.807, 2.05) is 48.5 Å². The average molecular weight is 598 g/mol. The van der Waals surface area contributed by atoms with Crippen molar-refractivity contribution in [2.75, 3.05) is 0 Å². The van der Waals surface area contributed by atoms with E-state index in [1.165, 1.54) is 42.5 Å². The van der Waals surface area contributed by atoms with Crippen molar-refractivity contribution < 1.29 is 19.3 Å². The Morgan fingerprint density at radius 1 is 0.762 bits per heavy atom. The summed E-state index contributed by atoms with van der Waals surface area (Å²) in [6, 6.07) is 25.8. The zero-order valence-corrected chi connectivity index (χ0v) is 23.3. The highest BCUT2D eigenvalue weighted by atomic mass is 35.5. The molecule has 0 aromatic heterocycles. The summed E-state index contributed by atoms with van der Waals surface area (Å²) < 4.78 is 0. The molecule has 8 nitrogen and oxygen atoms in total. The lowest BCUT2D eigenvalue weighted by Crippen LogP contribution is -2.50. The van der Waals surface area contributed by atoms with Gasteiger partial charge in [0.2, 0.25) is 0 Å². The molecule has 0 N–H and O–H groups in total. The van der Waals surface area contributed by atoms with Gasteiger partial charge in [0.15, 0.2) is 0 Å². The van der Waals surface area contributed by atoms with Crippen LogP contribution in [0.15, 0.2) is 91.0 Å². The third-order valence-corrected chi connectivity index (χ3v) is 9.04. The van der Waals surface area contributed by atoms with Crippen molar-refractivity contribution in [3.05, 3.63) is 145 Å². The number of halogens is 2. The first kappa shape index (κ1) is 26.4. The predicted octanol–water partition coefficient (Wildman–Crippen LogP) is 6.35. The summed E-state index contributed by atoms with van der Waals surface area (Å²) in [5.41, 5.74) is 3.94. The minimum Gasteiger partial charge on any atom is -0.272 e. The lowest BCUT2D eigenvalue weighted by atomic mass is 9.55. The quantitative estimate of drug-likeness (QED) is 0.151. The van der Waals surface area contributed by atoms with Crippen molar-refractivity contribution >= 4 is 46.6 Å². The van der Waals surface area contributed by atoms with Gasteiger partial charge in [0.05, 0.1) is 28.9 Å². The molecule has 2 atom stereocenters. The van der Waals surface area contributed by atoms with Crippen LogP contribution < -0.4 is 0 Å². The van der Waals surface area contributed by atoms with Gasteiger partial charge in [-0.3, -0.25) is 24.5 Å². The number of hydrazine groups is 1. The Morgan fingerprint density at radius 3 is 1.71 bits per heavy atom. The fraction of sp³-hybridized carbons (Fsp3) is 0.156. The lowest BCUT2D eigenvalue weighted by molar-refractivity contribution is -0.385. The Balaban J connectivity index is 1.36. The minimum absolute atomic E-state index is 0.122. The second-order valence-corrected chi connectivity index (χ2v) is 11.5. The number of nitrogens with zero attached hydrogens (tertiary/aromatic N) is 3. The molecule has 208 valence electrons. The van der Waals surface area contributed by atoms with E-state index >= 15 is 0 Å². The summed E-state index contributed by atoms with van der Waals surface area (Å²) in [6.07, 6.45) is 0. The average Bonchev–Trinajstić information content (AvgIpc) is 3.26. The Hall–Kier alpha value is -4.53. The Morgan fingerprint density at radius 2 is 1.24 bits per heavy atom. The Bertz CT molecular complexity index is 1710. The van der Waals surface area contributed by atoms with Gasteiger partial charge < -0.3 is 0 Å². The Labute approximate surface area is 250 Å². The molecule has 42 heavy (non-hydrogen) atoms. The predicted molar refractivity (Wildman–Crippen MR) is 155 cm³/mol. The van der Waals surface area contributed by atoms with Gasteiger partial charge in [-0.05, 0) is 58.7 Å². The smallest absolute Gasteiger partial charge is 0.272 e. The second-order valence-electron chi connectivity index (χ2n) is 10.7. The van der Waals surface area contributed by atoms with Crippen molar-refractivity contribution in [2.24, 2.45) is 11.8 Å². The number of amides is 3. The molecule has 2 bridgehead atoms. The van der Waals surface area contributed by atoms with Crippen LogP contribution in [-0.2, 0) is 16.1 Å². The Kier molecular flexibility index (Phi) is 6.15. The fourth-order valence-corrected chi connectivity index (χ4v) is 7.17. The van der Waals surface area contributed by atoms with Crippen LogP contribution in [0.3, 0.4) is 0 Å². The molecule has 0 saturated carbocycles. The molecule has 1 saturated heterocycles. The molecule has 10 heteroatoms. The van der Waals surface area contributed by atoms with E-state index < -0.39 is 41.0 Å². The maximum atomic E-state index is 14.4. The number of nitro groups is 1. The minimum atomic E-state index is -0.729. The van der Waals surface area contributed by atoms with Crippen LogP contribution in [0.2, 0.25) is 10.0 Å². The normalized spacial score (nSPS) is 21.5. The van der Waals surface area contributed by atoms with E-state index in [9.17, 15) is 24.5 Å². The zero-order chi connectivity index (χ0) is 29.3. The van der Waals surface area contributed by atoms with E-state index in [1.54, 1.807) is 0 Å². The van der Waals surface area contributed by atoms with Crippen LogP contribution in [-0.4, -0.2) is 32.7 Å². The van der Waals surface area contributed by atoms with E-state index in [4.69, 9.17) is 23.2 Å². The van der Waals surface area contributed by atoms with E-state index in [0.717, 1.165) is 32.3 Å². The molecule has 0 radical (unpaired) electrons. The fourth-order valence-electron chi connectivity index (χ4n) is 6.88. The van der Waals surface area contributed by atoms with Gasteiger partial charge in [-0.25, -0.2) is 5.01 Å². The molecule has 4 aliphatic rings. The number of rotatable bonds is 5. The molecular weight excluding hydrogens is 577 g/mol. The summed E-state index contributed by atoms with van der Waals surface area (Å²) in [5.74, 6) is -3.89. The number of benzene rings is 4. The van der Waals surface area contributed by atoms with Crippen molar-refractivity contribution in [3.63, 3.8) is 0 Å². The molecule has 1 fully saturated rings. The highest BCUT2D eigenvalue weighted by molar-refractivity contribution is 6.31. The third-order valence-electron chi connectivity index (χ3n) is 8.56. The standard InChI is InChI=1S/C32H21Cl2N3O5/c33-19-12-9-17(10-13-19)30(38)35(16-18-11-14-20(34)15-25(18)37(41)42)36-31(39)28-26-21-5-1-2-6-22(21)27(29(28)32(36)40)24-8-4-3-7-23(24)26/h1-15,26-29H,16H2/t26?,27?,28-,29-/m1/s1. The highest BCUT2D eigenvalue weighted by Crippen LogP contribution is 2.61. The zero-order valence-electron chi connectivity index (χ0n) is 21.8. The molecule has 3 aliphatic carbocycles. The molecule has 4 aromatic carbocycles. The van der Waals surface area contributed by atoms with Crippen molar-refractivity contribution in [2.45, 2.75) is 18.4 Å². The first-order valence-electron chi connectivity index (χ1n) is 13.3. The summed E-state index contributed by atoms with van der Waals surface area (Å²) in [4.78, 5) is 54.1. The van der Waals surface area contributed by atoms with Gasteiger partial charge in [-0.1, -0.05) is 71.7 Å². The van der Waals surface area contributed by atoms with Crippen LogP contribution in [0.25, 0.3) is 0 Å². The molecule has 8 rings (SSSR count). The maximum absolute atomic E-state index is 14.4. The summed E-state index contributed by atoms with van der Waals surface area (Å²) in [5, 5.41) is 14.4. The van der Waals surface area contributed by atoms with Crippen LogP contribution in [0.1, 0.15) is 50.0 Å². The summed E-state index contributed by atoms with van der Waals surface area (Å²) >= 11 is 12.1. The van der Waals surface area contributed by atoms with Gasteiger partial charge in [0.1, 0.15) is 0 Å². The second kappa shape index (κ2) is 9.79. The van der Waals surface area contributed by atoms with Gasteiger partial charge >= 0.3 is 0 Å². The number of nitro benzene ring substituents is 1. The topological polar surface area (TPSA) is 101 Å².